The number of amides is 3. The van der Waals surface area contributed by atoms with Crippen LogP contribution in [0.25, 0.3) is 0 Å². The van der Waals surface area contributed by atoms with Crippen molar-refractivity contribution in [3.8, 4) is 5.75 Å². The van der Waals surface area contributed by atoms with Gasteiger partial charge in [0.1, 0.15) is 5.75 Å². The molecule has 3 amide bonds. The Kier molecular flexibility index (Phi) is 8.91. The Morgan fingerprint density at radius 1 is 1.08 bits per heavy atom. The molecule has 9 heteroatoms. The average molecular weight is 495 g/mol. The molecule has 0 radical (unpaired) electrons. The first kappa shape index (κ1) is 25.7. The van der Waals surface area contributed by atoms with Gasteiger partial charge in [-0.05, 0) is 42.3 Å². The smallest absolute Gasteiger partial charge is 0.262 e. The molecule has 0 aromatic heterocycles. The number of carbonyl (C=O) groups excluding carboxylic acids is 3. The molecule has 0 aliphatic carbocycles. The van der Waals surface area contributed by atoms with Gasteiger partial charge in [0.25, 0.3) is 5.91 Å². The molecule has 2 aromatic rings. The number of para-hydroxylation sites is 1. The molecule has 0 spiro atoms. The number of morpholine rings is 1. The fraction of sp³-hybridized carbons (Fsp3) is 0.444. The molecule has 4 rings (SSSR count). The molecule has 2 fully saturated rings. The first-order valence-corrected chi connectivity index (χ1v) is 12.5. The molecule has 1 atom stereocenters. The summed E-state index contributed by atoms with van der Waals surface area (Å²) in [4.78, 5) is 41.4. The minimum atomic E-state index is -0.368. The van der Waals surface area contributed by atoms with E-state index in [1.54, 1.807) is 29.2 Å². The van der Waals surface area contributed by atoms with E-state index in [0.29, 0.717) is 24.5 Å². The third-order valence-corrected chi connectivity index (χ3v) is 6.52. The van der Waals surface area contributed by atoms with E-state index >= 15 is 0 Å². The molecule has 2 N–H and O–H groups in total. The monoisotopic (exact) mass is 494 g/mol. The van der Waals surface area contributed by atoms with Gasteiger partial charge in [0.05, 0.1) is 19.1 Å². The number of anilines is 2. The summed E-state index contributed by atoms with van der Waals surface area (Å²) in [7, 11) is 0. The fourth-order valence-corrected chi connectivity index (χ4v) is 4.45. The Labute approximate surface area is 211 Å². The molecular formula is C27H34N4O5. The van der Waals surface area contributed by atoms with Crippen molar-refractivity contribution in [1.82, 2.24) is 10.2 Å². The van der Waals surface area contributed by atoms with Gasteiger partial charge in [-0.1, -0.05) is 25.1 Å². The van der Waals surface area contributed by atoms with Crippen LogP contribution in [0.15, 0.2) is 48.5 Å². The van der Waals surface area contributed by atoms with E-state index in [0.717, 1.165) is 50.5 Å². The summed E-state index contributed by atoms with van der Waals surface area (Å²) < 4.78 is 11.0. The van der Waals surface area contributed by atoms with Crippen molar-refractivity contribution in [2.24, 2.45) is 5.92 Å². The summed E-state index contributed by atoms with van der Waals surface area (Å²) in [5.74, 6) is -0.243. The molecule has 36 heavy (non-hydrogen) atoms. The highest BCUT2D eigenvalue weighted by atomic mass is 16.5. The van der Waals surface area contributed by atoms with Crippen LogP contribution in [-0.2, 0) is 25.5 Å². The second-order valence-electron chi connectivity index (χ2n) is 8.99. The van der Waals surface area contributed by atoms with Gasteiger partial charge in [0.15, 0.2) is 6.61 Å². The SMILES string of the molecule is CCc1ccccc1NC(=O)COc1ccc(N2C[C@@H](C(=O)NCCN3CCOCC3)CC2=O)cc1. The van der Waals surface area contributed by atoms with Crippen molar-refractivity contribution in [3.63, 3.8) is 0 Å². The average Bonchev–Trinajstić information content (AvgIpc) is 3.30. The van der Waals surface area contributed by atoms with Crippen LogP contribution in [0.5, 0.6) is 5.75 Å². The van der Waals surface area contributed by atoms with E-state index in [1.807, 2.05) is 31.2 Å². The van der Waals surface area contributed by atoms with E-state index in [4.69, 9.17) is 9.47 Å². The predicted octanol–water partition coefficient (Wildman–Crippen LogP) is 2.07. The minimum Gasteiger partial charge on any atom is -0.484 e. The molecule has 0 unspecified atom stereocenters. The van der Waals surface area contributed by atoms with Crippen LogP contribution in [0.2, 0.25) is 0 Å². The highest BCUT2D eigenvalue weighted by molar-refractivity contribution is 6.00. The van der Waals surface area contributed by atoms with Crippen LogP contribution >= 0.6 is 0 Å². The minimum absolute atomic E-state index is 0.0778. The van der Waals surface area contributed by atoms with E-state index in [1.165, 1.54) is 0 Å². The van der Waals surface area contributed by atoms with Crippen molar-refractivity contribution < 1.29 is 23.9 Å². The standard InChI is InChI=1S/C27H34N4O5/c1-2-20-5-3-4-6-24(20)29-25(32)19-36-23-9-7-22(8-10-23)31-18-21(17-26(31)33)27(34)28-11-12-30-13-15-35-16-14-30/h3-10,21H,2,11-19H2,1H3,(H,28,34)(H,29,32)/t21-/m0/s1. The van der Waals surface area contributed by atoms with Gasteiger partial charge in [-0.25, -0.2) is 0 Å². The quantitative estimate of drug-likeness (QED) is 0.525. The molecule has 2 aliphatic rings. The Hall–Kier alpha value is -3.43. The number of rotatable bonds is 10. The highest BCUT2D eigenvalue weighted by Crippen LogP contribution is 2.27. The zero-order valence-electron chi connectivity index (χ0n) is 20.7. The fourth-order valence-electron chi connectivity index (χ4n) is 4.45. The van der Waals surface area contributed by atoms with Crippen LogP contribution in [0.1, 0.15) is 18.9 Å². The maximum atomic E-state index is 12.6. The summed E-state index contributed by atoms with van der Waals surface area (Å²) >= 11 is 0. The van der Waals surface area contributed by atoms with Crippen molar-refractivity contribution >= 4 is 29.1 Å². The van der Waals surface area contributed by atoms with Crippen LogP contribution in [0.3, 0.4) is 0 Å². The van der Waals surface area contributed by atoms with E-state index in [9.17, 15) is 14.4 Å². The van der Waals surface area contributed by atoms with Gasteiger partial charge >= 0.3 is 0 Å². The van der Waals surface area contributed by atoms with Crippen molar-refractivity contribution in [1.29, 1.82) is 0 Å². The van der Waals surface area contributed by atoms with Gasteiger partial charge in [-0.2, -0.15) is 0 Å². The number of ether oxygens (including phenoxy) is 2. The van der Waals surface area contributed by atoms with Gasteiger partial charge in [0.2, 0.25) is 11.8 Å². The first-order chi connectivity index (χ1) is 17.5. The molecule has 0 bridgehead atoms. The summed E-state index contributed by atoms with van der Waals surface area (Å²) in [5.41, 5.74) is 2.56. The number of hydrogen-bond acceptors (Lipinski definition) is 6. The molecule has 0 saturated carbocycles. The molecule has 2 heterocycles. The van der Waals surface area contributed by atoms with Crippen molar-refractivity contribution in [3.05, 3.63) is 54.1 Å². The lowest BCUT2D eigenvalue weighted by Gasteiger charge is -2.26. The van der Waals surface area contributed by atoms with E-state index < -0.39 is 0 Å². The lowest BCUT2D eigenvalue weighted by atomic mass is 10.1. The number of aryl methyl sites for hydroxylation is 1. The van der Waals surface area contributed by atoms with E-state index in [2.05, 4.69) is 15.5 Å². The van der Waals surface area contributed by atoms with Gasteiger partial charge in [-0.15, -0.1) is 0 Å². The summed E-state index contributed by atoms with van der Waals surface area (Å²) in [6, 6.07) is 14.7. The van der Waals surface area contributed by atoms with Gasteiger partial charge < -0.3 is 25.0 Å². The van der Waals surface area contributed by atoms with E-state index in [-0.39, 0.29) is 36.7 Å². The maximum Gasteiger partial charge on any atom is 0.262 e. The number of carbonyl (C=O) groups is 3. The normalized spacial score (nSPS) is 18.2. The summed E-state index contributed by atoms with van der Waals surface area (Å²) in [6.45, 7) is 6.82. The van der Waals surface area contributed by atoms with Crippen molar-refractivity contribution in [2.75, 3.05) is 62.8 Å². The third-order valence-electron chi connectivity index (χ3n) is 6.52. The Balaban J connectivity index is 1.22. The van der Waals surface area contributed by atoms with Crippen molar-refractivity contribution in [2.45, 2.75) is 19.8 Å². The first-order valence-electron chi connectivity index (χ1n) is 12.5. The Morgan fingerprint density at radius 3 is 2.58 bits per heavy atom. The van der Waals surface area contributed by atoms with Crippen LogP contribution < -0.4 is 20.3 Å². The van der Waals surface area contributed by atoms with Crippen LogP contribution in [-0.4, -0.2) is 75.2 Å². The van der Waals surface area contributed by atoms with Crippen LogP contribution in [0.4, 0.5) is 11.4 Å². The number of hydrogen-bond donors (Lipinski definition) is 2. The lowest BCUT2D eigenvalue weighted by Crippen LogP contribution is -2.42. The lowest BCUT2D eigenvalue weighted by molar-refractivity contribution is -0.126. The molecule has 2 aliphatic heterocycles. The second-order valence-corrected chi connectivity index (χ2v) is 8.99. The number of nitrogens with zero attached hydrogens (tertiary/aromatic N) is 2. The zero-order valence-corrected chi connectivity index (χ0v) is 20.7. The topological polar surface area (TPSA) is 100 Å². The Bertz CT molecular complexity index is 1050. The molecule has 192 valence electrons. The molecule has 2 aromatic carbocycles. The summed E-state index contributed by atoms with van der Waals surface area (Å²) in [5, 5.41) is 5.85. The molecule has 9 nitrogen and oxygen atoms in total. The number of benzene rings is 2. The third kappa shape index (κ3) is 6.83. The van der Waals surface area contributed by atoms with Gasteiger partial charge in [-0.3, -0.25) is 19.3 Å². The number of nitrogens with one attached hydrogen (secondary N) is 2. The zero-order chi connectivity index (χ0) is 25.3. The van der Waals surface area contributed by atoms with Gasteiger partial charge in [0, 0.05) is 50.5 Å². The van der Waals surface area contributed by atoms with Crippen LogP contribution in [0, 0.1) is 5.92 Å². The maximum absolute atomic E-state index is 12.6. The largest absolute Gasteiger partial charge is 0.484 e. The molecule has 2 saturated heterocycles. The summed E-state index contributed by atoms with van der Waals surface area (Å²) in [6.07, 6.45) is 1.02. The highest BCUT2D eigenvalue weighted by Gasteiger charge is 2.35. The molecular weight excluding hydrogens is 460 g/mol. The second kappa shape index (κ2) is 12.5. The predicted molar refractivity (Wildman–Crippen MR) is 137 cm³/mol. The Morgan fingerprint density at radius 2 is 1.83 bits per heavy atom.